The molecule has 1 aliphatic heterocycles. The van der Waals surface area contributed by atoms with Crippen molar-refractivity contribution in [2.45, 2.75) is 25.8 Å². The summed E-state index contributed by atoms with van der Waals surface area (Å²) in [6, 6.07) is 2.01. The maximum absolute atomic E-state index is 6.02. The van der Waals surface area contributed by atoms with E-state index >= 15 is 0 Å². The lowest BCUT2D eigenvalue weighted by molar-refractivity contribution is 0.164. The van der Waals surface area contributed by atoms with Gasteiger partial charge in [-0.25, -0.2) is 9.97 Å². The third kappa shape index (κ3) is 1.50. The Morgan fingerprint density at radius 1 is 1.53 bits per heavy atom. The average molecular weight is 232 g/mol. The third-order valence-electron chi connectivity index (χ3n) is 3.40. The Morgan fingerprint density at radius 3 is 3.06 bits per heavy atom. The summed E-state index contributed by atoms with van der Waals surface area (Å²) in [5.74, 6) is 0.520. The monoisotopic (exact) mass is 232 g/mol. The van der Waals surface area contributed by atoms with Crippen molar-refractivity contribution in [3.05, 3.63) is 17.8 Å². The summed E-state index contributed by atoms with van der Waals surface area (Å²) in [4.78, 5) is 8.84. The standard InChI is InChI=1S/C12H16N4O/c1-8-5-9-10(14-6-8)16(11(13)15-9)12(2)3-4-17-7-12/h5-6H,3-4,7H2,1-2H3,(H2,13,15). The van der Waals surface area contributed by atoms with Crippen LogP contribution in [0.25, 0.3) is 11.2 Å². The summed E-state index contributed by atoms with van der Waals surface area (Å²) in [5.41, 5.74) is 8.70. The number of rotatable bonds is 1. The maximum Gasteiger partial charge on any atom is 0.203 e. The van der Waals surface area contributed by atoms with Crippen molar-refractivity contribution in [3.63, 3.8) is 0 Å². The molecule has 3 rings (SSSR count). The second-order valence-electron chi connectivity index (χ2n) is 4.96. The van der Waals surface area contributed by atoms with Gasteiger partial charge in [-0.3, -0.25) is 4.57 Å². The van der Waals surface area contributed by atoms with Crippen LogP contribution in [0.5, 0.6) is 0 Å². The lowest BCUT2D eigenvalue weighted by Crippen LogP contribution is -2.31. The Morgan fingerprint density at radius 2 is 2.35 bits per heavy atom. The van der Waals surface area contributed by atoms with E-state index in [1.54, 1.807) is 0 Å². The van der Waals surface area contributed by atoms with Crippen LogP contribution in [0.4, 0.5) is 5.95 Å². The molecular formula is C12H16N4O. The van der Waals surface area contributed by atoms with Gasteiger partial charge in [0.25, 0.3) is 0 Å². The first kappa shape index (κ1) is 10.5. The van der Waals surface area contributed by atoms with Gasteiger partial charge in [-0.1, -0.05) is 0 Å². The van der Waals surface area contributed by atoms with Gasteiger partial charge in [0, 0.05) is 12.8 Å². The highest BCUT2D eigenvalue weighted by Gasteiger charge is 2.35. The predicted octanol–water partition coefficient (Wildman–Crippen LogP) is 1.46. The molecule has 2 aromatic heterocycles. The molecule has 5 heteroatoms. The Balaban J connectivity index is 2.25. The Kier molecular flexibility index (Phi) is 2.13. The number of ether oxygens (including phenoxy) is 1. The molecule has 0 spiro atoms. The van der Waals surface area contributed by atoms with Crippen LogP contribution in [0.3, 0.4) is 0 Å². The van der Waals surface area contributed by atoms with Gasteiger partial charge in [0.15, 0.2) is 5.65 Å². The molecule has 1 fully saturated rings. The minimum Gasteiger partial charge on any atom is -0.379 e. The van der Waals surface area contributed by atoms with Crippen LogP contribution in [0, 0.1) is 6.92 Å². The Bertz CT molecular complexity index is 569. The summed E-state index contributed by atoms with van der Waals surface area (Å²) < 4.78 is 7.49. The number of nitrogen functional groups attached to an aromatic ring is 1. The second kappa shape index (κ2) is 3.43. The molecular weight excluding hydrogens is 216 g/mol. The fourth-order valence-corrected chi connectivity index (χ4v) is 2.45. The van der Waals surface area contributed by atoms with Crippen LogP contribution in [-0.2, 0) is 10.3 Å². The summed E-state index contributed by atoms with van der Waals surface area (Å²) in [7, 11) is 0. The van der Waals surface area contributed by atoms with Gasteiger partial charge < -0.3 is 10.5 Å². The van der Waals surface area contributed by atoms with Gasteiger partial charge in [-0.15, -0.1) is 0 Å². The van der Waals surface area contributed by atoms with Gasteiger partial charge in [-0.2, -0.15) is 0 Å². The van der Waals surface area contributed by atoms with Crippen LogP contribution in [0.2, 0.25) is 0 Å². The Hall–Kier alpha value is -1.62. The number of hydrogen-bond acceptors (Lipinski definition) is 4. The highest BCUT2D eigenvalue weighted by Crippen LogP contribution is 2.32. The van der Waals surface area contributed by atoms with Crippen molar-refractivity contribution < 1.29 is 4.74 Å². The van der Waals surface area contributed by atoms with E-state index in [0.29, 0.717) is 12.6 Å². The first-order chi connectivity index (χ1) is 8.10. The van der Waals surface area contributed by atoms with Crippen LogP contribution in [0.1, 0.15) is 18.9 Å². The zero-order chi connectivity index (χ0) is 12.0. The van der Waals surface area contributed by atoms with E-state index in [-0.39, 0.29) is 5.54 Å². The molecule has 0 aliphatic carbocycles. The van der Waals surface area contributed by atoms with Crippen molar-refractivity contribution in [2.75, 3.05) is 18.9 Å². The smallest absolute Gasteiger partial charge is 0.203 e. The van der Waals surface area contributed by atoms with Crippen molar-refractivity contribution in [1.29, 1.82) is 0 Å². The van der Waals surface area contributed by atoms with Crippen LogP contribution >= 0.6 is 0 Å². The molecule has 1 saturated heterocycles. The molecule has 1 aliphatic rings. The molecule has 2 N–H and O–H groups in total. The number of hydrogen-bond donors (Lipinski definition) is 1. The number of fused-ring (bicyclic) bond motifs is 1. The molecule has 2 aromatic rings. The minimum absolute atomic E-state index is 0.124. The molecule has 5 nitrogen and oxygen atoms in total. The van der Waals surface area contributed by atoms with E-state index in [4.69, 9.17) is 10.5 Å². The lowest BCUT2D eigenvalue weighted by Gasteiger charge is -2.25. The quantitative estimate of drug-likeness (QED) is 0.808. The second-order valence-corrected chi connectivity index (χ2v) is 4.96. The SMILES string of the molecule is Cc1cnc2c(c1)nc(N)n2C1(C)CCOC1. The molecule has 0 saturated carbocycles. The van der Waals surface area contributed by atoms with Crippen molar-refractivity contribution in [3.8, 4) is 0 Å². The number of aromatic nitrogens is 3. The van der Waals surface area contributed by atoms with E-state index < -0.39 is 0 Å². The van der Waals surface area contributed by atoms with Crippen LogP contribution in [-0.4, -0.2) is 27.7 Å². The van der Waals surface area contributed by atoms with E-state index in [9.17, 15) is 0 Å². The topological polar surface area (TPSA) is 66.0 Å². The zero-order valence-corrected chi connectivity index (χ0v) is 10.1. The summed E-state index contributed by atoms with van der Waals surface area (Å²) in [6.45, 7) is 5.57. The van der Waals surface area contributed by atoms with Crippen molar-refractivity contribution in [2.24, 2.45) is 0 Å². The molecule has 0 bridgehead atoms. The largest absolute Gasteiger partial charge is 0.379 e. The normalized spacial score (nSPS) is 24.6. The van der Waals surface area contributed by atoms with E-state index in [0.717, 1.165) is 29.8 Å². The molecule has 1 unspecified atom stereocenters. The van der Waals surface area contributed by atoms with Crippen LogP contribution in [0.15, 0.2) is 12.3 Å². The average Bonchev–Trinajstić information content (AvgIpc) is 2.81. The number of imidazole rings is 1. The Labute approximate surface area is 99.6 Å². The van der Waals surface area contributed by atoms with Gasteiger partial charge in [-0.05, 0) is 31.9 Å². The van der Waals surface area contributed by atoms with Crippen LogP contribution < -0.4 is 5.73 Å². The summed E-state index contributed by atoms with van der Waals surface area (Å²) in [6.07, 6.45) is 2.79. The van der Waals surface area contributed by atoms with Gasteiger partial charge in [0.05, 0.1) is 12.1 Å². The molecule has 17 heavy (non-hydrogen) atoms. The molecule has 90 valence electrons. The number of nitrogens with zero attached hydrogens (tertiary/aromatic N) is 3. The van der Waals surface area contributed by atoms with E-state index in [1.165, 1.54) is 0 Å². The van der Waals surface area contributed by atoms with Gasteiger partial charge >= 0.3 is 0 Å². The molecule has 0 amide bonds. The highest BCUT2D eigenvalue weighted by molar-refractivity contribution is 5.75. The summed E-state index contributed by atoms with van der Waals surface area (Å²) in [5, 5.41) is 0. The molecule has 3 heterocycles. The first-order valence-electron chi connectivity index (χ1n) is 5.79. The third-order valence-corrected chi connectivity index (χ3v) is 3.40. The molecule has 1 atom stereocenters. The minimum atomic E-state index is -0.124. The predicted molar refractivity (Wildman–Crippen MR) is 65.8 cm³/mol. The lowest BCUT2D eigenvalue weighted by atomic mass is 10.0. The first-order valence-corrected chi connectivity index (χ1v) is 5.79. The number of aryl methyl sites for hydroxylation is 1. The van der Waals surface area contributed by atoms with E-state index in [2.05, 4.69) is 16.9 Å². The fraction of sp³-hybridized carbons (Fsp3) is 0.500. The molecule has 0 radical (unpaired) electrons. The van der Waals surface area contributed by atoms with Crippen molar-refractivity contribution in [1.82, 2.24) is 14.5 Å². The van der Waals surface area contributed by atoms with E-state index in [1.807, 2.05) is 23.8 Å². The van der Waals surface area contributed by atoms with Gasteiger partial charge in [0.2, 0.25) is 5.95 Å². The van der Waals surface area contributed by atoms with Crippen molar-refractivity contribution >= 4 is 17.1 Å². The van der Waals surface area contributed by atoms with Gasteiger partial charge in [0.1, 0.15) is 5.52 Å². The summed E-state index contributed by atoms with van der Waals surface area (Å²) >= 11 is 0. The number of nitrogens with two attached hydrogens (primary N) is 1. The number of anilines is 1. The number of pyridine rings is 1. The fourth-order valence-electron chi connectivity index (χ4n) is 2.45. The highest BCUT2D eigenvalue weighted by atomic mass is 16.5. The zero-order valence-electron chi connectivity index (χ0n) is 10.1. The molecule has 0 aromatic carbocycles. The maximum atomic E-state index is 6.02.